The smallest absolute Gasteiger partial charge is 0.243 e. The Morgan fingerprint density at radius 1 is 0.912 bits per heavy atom. The van der Waals surface area contributed by atoms with Gasteiger partial charge in [-0.25, -0.2) is 23.4 Å². The molecule has 3 aromatic carbocycles. The molecule has 6 unspecified atom stereocenters. The second-order valence-electron chi connectivity index (χ2n) is 16.2. The number of aromatic nitrogens is 4. The molecule has 14 heteroatoms. The van der Waals surface area contributed by atoms with Gasteiger partial charge >= 0.3 is 0 Å². The van der Waals surface area contributed by atoms with E-state index >= 15 is 8.78 Å². The molecule has 5 heterocycles. The zero-order chi connectivity index (χ0) is 39.4. The predicted molar refractivity (Wildman–Crippen MR) is 213 cm³/mol. The molecule has 3 aliphatic heterocycles. The van der Waals surface area contributed by atoms with Crippen molar-refractivity contribution in [3.05, 3.63) is 90.0 Å². The monoisotopic (exact) mass is 775 g/mol. The lowest BCUT2D eigenvalue weighted by Gasteiger charge is -2.47. The fraction of sp³-hybridized carbons (Fsp3) is 0.419. The van der Waals surface area contributed by atoms with Gasteiger partial charge in [0.05, 0.1) is 23.2 Å². The van der Waals surface area contributed by atoms with Crippen LogP contribution in [0.25, 0.3) is 22.3 Å². The van der Waals surface area contributed by atoms with Gasteiger partial charge in [0.15, 0.2) is 5.65 Å². The lowest BCUT2D eigenvalue weighted by molar-refractivity contribution is -0.137. The summed E-state index contributed by atoms with van der Waals surface area (Å²) in [7, 11) is 0. The van der Waals surface area contributed by atoms with E-state index in [0.717, 1.165) is 48.5 Å². The third-order valence-electron chi connectivity index (χ3n) is 12.2. The number of nitrogens with one attached hydrogen (secondary N) is 1. The summed E-state index contributed by atoms with van der Waals surface area (Å²) in [4.78, 5) is 39.6. The van der Waals surface area contributed by atoms with Gasteiger partial charge in [-0.2, -0.15) is 5.10 Å². The Bertz CT molecular complexity index is 2290. The third-order valence-corrected chi connectivity index (χ3v) is 12.2. The maximum absolute atomic E-state index is 16.4. The minimum absolute atomic E-state index is 0.0319. The van der Waals surface area contributed by atoms with Crippen molar-refractivity contribution >= 4 is 34.4 Å². The number of hydrogen-bond donors (Lipinski definition) is 2. The van der Waals surface area contributed by atoms with Gasteiger partial charge in [-0.15, -0.1) is 0 Å². The summed E-state index contributed by atoms with van der Waals surface area (Å²) < 4.78 is 39.9. The third kappa shape index (κ3) is 7.20. The number of benzene rings is 3. The topological polar surface area (TPSA) is 135 Å². The molecule has 2 aromatic heterocycles. The van der Waals surface area contributed by atoms with Crippen LogP contribution in [0.15, 0.2) is 73.1 Å². The first-order valence-electron chi connectivity index (χ1n) is 20.0. The number of carbonyl (C=O) groups excluding carboxylic acids is 2. The molecule has 3 fully saturated rings. The molecule has 0 radical (unpaired) electrons. The Labute approximate surface area is 330 Å². The summed E-state index contributed by atoms with van der Waals surface area (Å²) in [5, 5.41) is 7.99. The number of alkyl halides is 1. The molecule has 0 bridgehead atoms. The highest BCUT2D eigenvalue weighted by Gasteiger charge is 2.39. The Morgan fingerprint density at radius 3 is 2.35 bits per heavy atom. The van der Waals surface area contributed by atoms with Crippen LogP contribution >= 0.6 is 0 Å². The Kier molecular flexibility index (Phi) is 9.85. The number of para-hydroxylation sites is 1. The van der Waals surface area contributed by atoms with Crippen molar-refractivity contribution in [2.45, 2.75) is 89.4 Å². The van der Waals surface area contributed by atoms with E-state index in [-0.39, 0.29) is 35.6 Å². The highest BCUT2D eigenvalue weighted by Crippen LogP contribution is 2.41. The van der Waals surface area contributed by atoms with Crippen LogP contribution in [-0.4, -0.2) is 85.3 Å². The molecule has 9 rings (SSSR count). The van der Waals surface area contributed by atoms with Crippen molar-refractivity contribution in [2.75, 3.05) is 30.3 Å². The first kappa shape index (κ1) is 37.1. The van der Waals surface area contributed by atoms with Gasteiger partial charge in [-0.3, -0.25) is 24.7 Å². The molecule has 3 N–H and O–H groups in total. The SMILES string of the molecule is CC1CN(CC2CCC(n3nc(-c4ccc(Oc5ccccc5)cc4)c4c(N)ncnc43)C(F)C2)CC(C)N1c1cc2c(cc1F)CN(C1CCC(=O)NC1=O)C2. The molecular formula is C43H47F2N9O3. The van der Waals surface area contributed by atoms with Crippen LogP contribution in [0.1, 0.15) is 63.1 Å². The van der Waals surface area contributed by atoms with Crippen LogP contribution in [0, 0.1) is 11.7 Å². The van der Waals surface area contributed by atoms with E-state index in [1.54, 1.807) is 10.7 Å². The van der Waals surface area contributed by atoms with Gasteiger partial charge in [-0.05, 0) is 105 Å². The fourth-order valence-corrected chi connectivity index (χ4v) is 9.66. The molecular weight excluding hydrogens is 729 g/mol. The number of imide groups is 1. The summed E-state index contributed by atoms with van der Waals surface area (Å²) >= 11 is 0. The average Bonchev–Trinajstić information content (AvgIpc) is 3.77. The summed E-state index contributed by atoms with van der Waals surface area (Å²) in [5.41, 5.74) is 10.8. The van der Waals surface area contributed by atoms with E-state index < -0.39 is 18.3 Å². The number of nitrogens with zero attached hydrogens (tertiary/aromatic N) is 7. The number of halogens is 2. The number of nitrogen functional groups attached to an aromatic ring is 1. The largest absolute Gasteiger partial charge is 0.457 e. The highest BCUT2D eigenvalue weighted by atomic mass is 19.1. The Balaban J connectivity index is 0.850. The zero-order valence-corrected chi connectivity index (χ0v) is 32.2. The molecule has 2 saturated heterocycles. The van der Waals surface area contributed by atoms with Gasteiger partial charge < -0.3 is 15.4 Å². The van der Waals surface area contributed by atoms with Crippen LogP contribution < -0.4 is 20.7 Å². The van der Waals surface area contributed by atoms with E-state index in [1.807, 2.05) is 65.6 Å². The first-order chi connectivity index (χ1) is 27.6. The summed E-state index contributed by atoms with van der Waals surface area (Å²) in [5.74, 6) is 1.10. The van der Waals surface area contributed by atoms with Crippen molar-refractivity contribution in [1.29, 1.82) is 0 Å². The second kappa shape index (κ2) is 15.1. The standard InChI is InChI=1S/C43H47F2N9O3/c1-25-19-51(20-26(2)53(25)37-18-30-23-52(22-29(30)17-34(37)45)36-14-15-38(55)49-43(36)56)21-27-8-13-35(33(44)16-27)54-42-39(41(46)47-24-48-42)40(50-54)28-9-11-32(12-10-28)57-31-6-4-3-5-7-31/h3-7,9-12,17-18,24-27,33,35-36H,8,13-16,19-23H2,1-2H3,(H2,46,47,48)(H,49,55,56). The molecule has 5 aromatic rings. The summed E-state index contributed by atoms with van der Waals surface area (Å²) in [6, 6.07) is 19.9. The number of piperazine rings is 1. The number of fused-ring (bicyclic) bond motifs is 2. The number of anilines is 2. The van der Waals surface area contributed by atoms with E-state index in [2.05, 4.69) is 38.9 Å². The van der Waals surface area contributed by atoms with Crippen LogP contribution in [0.2, 0.25) is 0 Å². The van der Waals surface area contributed by atoms with Crippen molar-refractivity contribution in [2.24, 2.45) is 5.92 Å². The molecule has 57 heavy (non-hydrogen) atoms. The van der Waals surface area contributed by atoms with Crippen molar-refractivity contribution in [3.8, 4) is 22.8 Å². The van der Waals surface area contributed by atoms with Gasteiger partial charge in [0.2, 0.25) is 11.8 Å². The molecule has 0 spiro atoms. The lowest BCUT2D eigenvalue weighted by atomic mass is 9.84. The maximum atomic E-state index is 16.4. The van der Waals surface area contributed by atoms with Crippen LogP contribution in [0.4, 0.5) is 20.3 Å². The van der Waals surface area contributed by atoms with Crippen molar-refractivity contribution in [3.63, 3.8) is 0 Å². The number of carbonyl (C=O) groups is 2. The number of rotatable bonds is 8. The fourth-order valence-electron chi connectivity index (χ4n) is 9.66. The minimum Gasteiger partial charge on any atom is -0.457 e. The van der Waals surface area contributed by atoms with Crippen molar-refractivity contribution in [1.82, 2.24) is 34.9 Å². The van der Waals surface area contributed by atoms with E-state index in [9.17, 15) is 9.59 Å². The van der Waals surface area contributed by atoms with E-state index in [0.29, 0.717) is 72.8 Å². The van der Waals surface area contributed by atoms with Gasteiger partial charge in [0, 0.05) is 56.8 Å². The quantitative estimate of drug-likeness (QED) is 0.171. The Morgan fingerprint density at radius 2 is 1.63 bits per heavy atom. The predicted octanol–water partition coefficient (Wildman–Crippen LogP) is 6.41. The molecule has 2 amide bonds. The zero-order valence-electron chi connectivity index (χ0n) is 32.2. The highest BCUT2D eigenvalue weighted by molar-refractivity contribution is 6.00. The number of ether oxygens (including phenoxy) is 1. The average molecular weight is 776 g/mol. The molecule has 296 valence electrons. The minimum atomic E-state index is -1.13. The number of hydrogen-bond acceptors (Lipinski definition) is 10. The number of nitrogens with two attached hydrogens (primary N) is 1. The first-order valence-corrected chi connectivity index (χ1v) is 20.0. The molecule has 4 aliphatic rings. The second-order valence-corrected chi connectivity index (χ2v) is 16.2. The Hall–Kier alpha value is -5.47. The molecule has 1 saturated carbocycles. The normalized spacial score (nSPS) is 25.8. The van der Waals surface area contributed by atoms with Crippen LogP contribution in [0.3, 0.4) is 0 Å². The maximum Gasteiger partial charge on any atom is 0.243 e. The number of amides is 2. The summed E-state index contributed by atoms with van der Waals surface area (Å²) in [6.07, 6.45) is 2.90. The van der Waals surface area contributed by atoms with Crippen molar-refractivity contribution < 1.29 is 23.1 Å². The van der Waals surface area contributed by atoms with Gasteiger partial charge in [0.25, 0.3) is 0 Å². The van der Waals surface area contributed by atoms with Gasteiger partial charge in [-0.1, -0.05) is 18.2 Å². The van der Waals surface area contributed by atoms with Crippen LogP contribution in [-0.2, 0) is 22.7 Å². The van der Waals surface area contributed by atoms with Gasteiger partial charge in [0.1, 0.15) is 41.3 Å². The van der Waals surface area contributed by atoms with E-state index in [4.69, 9.17) is 15.6 Å². The van der Waals surface area contributed by atoms with E-state index in [1.165, 1.54) is 6.33 Å². The summed E-state index contributed by atoms with van der Waals surface area (Å²) in [6.45, 7) is 7.50. The van der Waals surface area contributed by atoms with Crippen LogP contribution in [0.5, 0.6) is 11.5 Å². The molecule has 12 nitrogen and oxygen atoms in total. The number of piperidine rings is 1. The molecule has 1 aliphatic carbocycles. The molecule has 6 atom stereocenters. The lowest BCUT2D eigenvalue weighted by Crippen LogP contribution is -2.58.